The molecule has 0 saturated carbocycles. The smallest absolute Gasteiger partial charge is 0.231 e. The molecule has 1 aromatic carbocycles. The summed E-state index contributed by atoms with van der Waals surface area (Å²) in [7, 11) is 0. The lowest BCUT2D eigenvalue weighted by molar-refractivity contribution is -0.115. The first-order chi connectivity index (χ1) is 13.3. The number of benzene rings is 1. The molecule has 0 unspecified atom stereocenters. The third-order valence-corrected chi connectivity index (χ3v) is 5.89. The molecule has 0 atom stereocenters. The monoisotopic (exact) mass is 402 g/mol. The van der Waals surface area contributed by atoms with Crippen LogP contribution < -0.4 is 14.8 Å². The zero-order chi connectivity index (χ0) is 18.5. The topological polar surface area (TPSA) is 78.3 Å². The Hall–Kier alpha value is -2.52. The number of anilines is 1. The summed E-state index contributed by atoms with van der Waals surface area (Å²) in [6.45, 7) is 1.05. The summed E-state index contributed by atoms with van der Waals surface area (Å²) in [4.78, 5) is 13.5. The highest BCUT2D eigenvalue weighted by Gasteiger charge is 2.14. The molecule has 0 bridgehead atoms. The van der Waals surface area contributed by atoms with Crippen LogP contribution in [-0.2, 0) is 17.8 Å². The van der Waals surface area contributed by atoms with E-state index in [4.69, 9.17) is 9.47 Å². The summed E-state index contributed by atoms with van der Waals surface area (Å²) in [6, 6.07) is 9.56. The van der Waals surface area contributed by atoms with E-state index in [0.29, 0.717) is 29.4 Å². The Balaban J connectivity index is 1.24. The van der Waals surface area contributed by atoms with Crippen molar-refractivity contribution in [3.05, 3.63) is 46.9 Å². The standard InChI is InChI=1S/C18H18N4O3S2/c23-17(20-13-3-4-15-16(10-13)25-12-24-15)6-9-27-18-21-19-11-22(18)7-5-14-2-1-8-26-14/h1-4,8,10-11H,5-7,9,12H2,(H,20,23). The van der Waals surface area contributed by atoms with Gasteiger partial charge < -0.3 is 19.4 Å². The number of aromatic nitrogens is 3. The number of hydrogen-bond donors (Lipinski definition) is 1. The number of carbonyl (C=O) groups excluding carboxylic acids is 1. The molecule has 3 heterocycles. The van der Waals surface area contributed by atoms with Crippen molar-refractivity contribution in [2.24, 2.45) is 0 Å². The number of thioether (sulfide) groups is 1. The van der Waals surface area contributed by atoms with Gasteiger partial charge in [0.25, 0.3) is 0 Å². The zero-order valence-electron chi connectivity index (χ0n) is 14.5. The summed E-state index contributed by atoms with van der Waals surface area (Å²) in [5.74, 6) is 1.94. The minimum atomic E-state index is -0.0500. The first-order valence-corrected chi connectivity index (χ1v) is 10.4. The van der Waals surface area contributed by atoms with Crippen molar-refractivity contribution in [3.8, 4) is 11.5 Å². The number of amides is 1. The van der Waals surface area contributed by atoms with Crippen molar-refractivity contribution in [1.82, 2.24) is 14.8 Å². The Morgan fingerprint density at radius 3 is 3.11 bits per heavy atom. The fourth-order valence-corrected chi connectivity index (χ4v) is 4.21. The largest absolute Gasteiger partial charge is 0.454 e. The van der Waals surface area contributed by atoms with Crippen LogP contribution in [0.5, 0.6) is 11.5 Å². The molecule has 9 heteroatoms. The molecule has 1 aliphatic rings. The van der Waals surface area contributed by atoms with Gasteiger partial charge in [0.05, 0.1) is 0 Å². The number of nitrogens with zero attached hydrogens (tertiary/aromatic N) is 3. The summed E-state index contributed by atoms with van der Waals surface area (Å²) in [5.41, 5.74) is 0.702. The van der Waals surface area contributed by atoms with Crippen molar-refractivity contribution in [2.75, 3.05) is 17.9 Å². The van der Waals surface area contributed by atoms with Crippen molar-refractivity contribution in [3.63, 3.8) is 0 Å². The molecule has 0 radical (unpaired) electrons. The molecule has 0 fully saturated rings. The number of fused-ring (bicyclic) bond motifs is 1. The normalized spacial score (nSPS) is 12.3. The number of carbonyl (C=O) groups is 1. The van der Waals surface area contributed by atoms with Crippen LogP contribution in [0.1, 0.15) is 11.3 Å². The van der Waals surface area contributed by atoms with Gasteiger partial charge in [-0.1, -0.05) is 17.8 Å². The fourth-order valence-electron chi connectivity index (χ4n) is 2.63. The van der Waals surface area contributed by atoms with Crippen molar-refractivity contribution in [2.45, 2.75) is 24.5 Å². The SMILES string of the molecule is O=C(CCSc1nncn1CCc1cccs1)Nc1ccc2c(c1)OCO2. The third-order valence-electron chi connectivity index (χ3n) is 3.98. The van der Waals surface area contributed by atoms with E-state index in [0.717, 1.165) is 18.1 Å². The van der Waals surface area contributed by atoms with Crippen LogP contribution in [0.3, 0.4) is 0 Å². The number of rotatable bonds is 8. The average molecular weight is 403 g/mol. The number of thiophene rings is 1. The van der Waals surface area contributed by atoms with Gasteiger partial charge in [-0.05, 0) is 30.0 Å². The second-order valence-electron chi connectivity index (χ2n) is 5.85. The maximum absolute atomic E-state index is 12.2. The predicted molar refractivity (Wildman–Crippen MR) is 105 cm³/mol. The first-order valence-electron chi connectivity index (χ1n) is 8.50. The number of aryl methyl sites for hydroxylation is 2. The van der Waals surface area contributed by atoms with E-state index in [9.17, 15) is 4.79 Å². The van der Waals surface area contributed by atoms with Gasteiger partial charge in [-0.2, -0.15) is 0 Å². The molecule has 0 spiro atoms. The van der Waals surface area contributed by atoms with Crippen molar-refractivity contribution in [1.29, 1.82) is 0 Å². The molecule has 1 amide bonds. The van der Waals surface area contributed by atoms with Gasteiger partial charge in [0, 0.05) is 35.3 Å². The molecule has 0 aliphatic carbocycles. The number of ether oxygens (including phenoxy) is 2. The Labute approximate surface area is 164 Å². The minimum Gasteiger partial charge on any atom is -0.454 e. The molecule has 1 N–H and O–H groups in total. The zero-order valence-corrected chi connectivity index (χ0v) is 16.1. The maximum atomic E-state index is 12.2. The quantitative estimate of drug-likeness (QED) is 0.582. The van der Waals surface area contributed by atoms with Gasteiger partial charge in [0.15, 0.2) is 16.7 Å². The molecule has 0 saturated heterocycles. The van der Waals surface area contributed by atoms with Crippen LogP contribution in [0.4, 0.5) is 5.69 Å². The molecular formula is C18H18N4O3S2. The van der Waals surface area contributed by atoms with Crippen molar-refractivity contribution >= 4 is 34.7 Å². The first kappa shape index (κ1) is 17.9. The van der Waals surface area contributed by atoms with Crippen LogP contribution >= 0.6 is 23.1 Å². The Morgan fingerprint density at radius 2 is 2.22 bits per heavy atom. The van der Waals surface area contributed by atoms with Crippen LogP contribution in [-0.4, -0.2) is 33.2 Å². The minimum absolute atomic E-state index is 0.0500. The van der Waals surface area contributed by atoms with Gasteiger partial charge in [-0.25, -0.2) is 0 Å². The molecular weight excluding hydrogens is 384 g/mol. The second kappa shape index (κ2) is 8.45. The van der Waals surface area contributed by atoms with E-state index in [1.54, 1.807) is 35.9 Å². The fraction of sp³-hybridized carbons (Fsp3) is 0.278. The van der Waals surface area contributed by atoms with Crippen LogP contribution in [0.15, 0.2) is 47.2 Å². The van der Waals surface area contributed by atoms with Crippen molar-refractivity contribution < 1.29 is 14.3 Å². The van der Waals surface area contributed by atoms with Gasteiger partial charge in [-0.15, -0.1) is 21.5 Å². The van der Waals surface area contributed by atoms with E-state index in [-0.39, 0.29) is 12.7 Å². The molecule has 140 valence electrons. The summed E-state index contributed by atoms with van der Waals surface area (Å²) in [6.07, 6.45) is 3.08. The highest BCUT2D eigenvalue weighted by Crippen LogP contribution is 2.34. The van der Waals surface area contributed by atoms with Gasteiger partial charge in [0.1, 0.15) is 6.33 Å². The van der Waals surface area contributed by atoms with Crippen LogP contribution in [0, 0.1) is 0 Å². The molecule has 4 rings (SSSR count). The predicted octanol–water partition coefficient (Wildman–Crippen LogP) is 3.43. The Morgan fingerprint density at radius 1 is 1.30 bits per heavy atom. The highest BCUT2D eigenvalue weighted by atomic mass is 32.2. The highest BCUT2D eigenvalue weighted by molar-refractivity contribution is 7.99. The lowest BCUT2D eigenvalue weighted by Gasteiger charge is -2.07. The maximum Gasteiger partial charge on any atom is 0.231 e. The molecule has 27 heavy (non-hydrogen) atoms. The Kier molecular flexibility index (Phi) is 5.59. The summed E-state index contributed by atoms with van der Waals surface area (Å²) >= 11 is 3.29. The summed E-state index contributed by atoms with van der Waals surface area (Å²) in [5, 5.41) is 13.9. The second-order valence-corrected chi connectivity index (χ2v) is 7.95. The van der Waals surface area contributed by atoms with E-state index in [1.807, 2.05) is 4.57 Å². The van der Waals surface area contributed by atoms with E-state index in [1.165, 1.54) is 16.6 Å². The van der Waals surface area contributed by atoms with Gasteiger partial charge >= 0.3 is 0 Å². The van der Waals surface area contributed by atoms with Gasteiger partial charge in [-0.3, -0.25) is 4.79 Å². The third kappa shape index (κ3) is 4.61. The van der Waals surface area contributed by atoms with E-state index < -0.39 is 0 Å². The lowest BCUT2D eigenvalue weighted by atomic mass is 10.2. The molecule has 1 aliphatic heterocycles. The Bertz CT molecular complexity index is 911. The summed E-state index contributed by atoms with van der Waals surface area (Å²) < 4.78 is 12.6. The lowest BCUT2D eigenvalue weighted by Crippen LogP contribution is -2.12. The molecule has 2 aromatic heterocycles. The van der Waals surface area contributed by atoms with Crippen LogP contribution in [0.2, 0.25) is 0 Å². The van der Waals surface area contributed by atoms with Gasteiger partial charge in [0.2, 0.25) is 12.7 Å². The van der Waals surface area contributed by atoms with E-state index in [2.05, 4.69) is 33.0 Å². The van der Waals surface area contributed by atoms with E-state index >= 15 is 0 Å². The number of hydrogen-bond acceptors (Lipinski definition) is 7. The number of nitrogens with one attached hydrogen (secondary N) is 1. The molecule has 7 nitrogen and oxygen atoms in total. The molecule has 3 aromatic rings. The average Bonchev–Trinajstić information content (AvgIpc) is 3.41. The van der Waals surface area contributed by atoms with Crippen LogP contribution in [0.25, 0.3) is 0 Å².